The van der Waals surface area contributed by atoms with E-state index in [2.05, 4.69) is 192 Å². The quantitative estimate of drug-likeness (QED) is 0.0549. The normalized spacial score (nSPS) is 14.4. The monoisotopic (exact) mass is 1800 g/mol. The third-order valence-corrected chi connectivity index (χ3v) is 24.5. The summed E-state index contributed by atoms with van der Waals surface area (Å²) < 4.78 is 41.9. The van der Waals surface area contributed by atoms with E-state index in [0.717, 1.165) is 97.4 Å². The minimum Gasteiger partial charge on any atom is -0.386 e. The minimum absolute atomic E-state index is 0.210. The van der Waals surface area contributed by atoms with Gasteiger partial charge in [-0.05, 0) is 88.5 Å². The number of pyridine rings is 6. The number of aliphatic hydroxyl groups excluding tert-OH is 1. The van der Waals surface area contributed by atoms with Crippen LogP contribution in [0.25, 0.3) is 89.8 Å². The van der Waals surface area contributed by atoms with Gasteiger partial charge >= 0.3 is 0 Å². The Morgan fingerprint density at radius 1 is 0.426 bits per heavy atom. The van der Waals surface area contributed by atoms with Crippen molar-refractivity contribution in [2.24, 2.45) is 0 Å². The van der Waals surface area contributed by atoms with Crippen LogP contribution < -0.4 is 21.3 Å². The van der Waals surface area contributed by atoms with Crippen LogP contribution in [0, 0.1) is 0 Å². The Kier molecular flexibility index (Phi) is 24.9. The van der Waals surface area contributed by atoms with E-state index in [4.69, 9.17) is 50.6 Å². The molecule has 129 heavy (non-hydrogen) atoms. The summed E-state index contributed by atoms with van der Waals surface area (Å²) in [5.74, 6) is 1.82. The Morgan fingerprint density at radius 2 is 0.853 bits per heavy atom. The largest absolute Gasteiger partial charge is 0.386 e. The predicted molar refractivity (Wildman–Crippen MR) is 504 cm³/mol. The molecule has 0 saturated heterocycles. The number of hydrogen-bond acceptors (Lipinski definition) is 19. The number of aldehydes is 1. The SMILES string of the molecule is CNc1ncccc1/C=c1/c2ccccc2c2cncn12.CNc1ncccc1CC1c2ccccc2-c2cncn21.CS(=O)(=O)OC(c1cccnc1Cl)C1c2ccccc2-c2cncn21.Clc1ncccc1/C=c1/c2ccccc2c2cncn12.O=Cc1cccnc1Cl.OC(c1cccnc1Cl)C1c2ccccc2-c2cncn21.c1ccc2c(c1)Cn1cncc1-2. The van der Waals surface area contributed by atoms with E-state index in [-0.39, 0.29) is 22.4 Å². The molecule has 3 N–H and O–H groups in total. The zero-order valence-electron chi connectivity index (χ0n) is 69.3. The van der Waals surface area contributed by atoms with Crippen molar-refractivity contribution in [2.75, 3.05) is 31.0 Å². The molecular formula is C99H78Cl4N20O5S. The molecule has 0 spiro atoms. The van der Waals surface area contributed by atoms with Crippen LogP contribution in [0.3, 0.4) is 0 Å². The van der Waals surface area contributed by atoms with Crippen LogP contribution >= 0.6 is 46.4 Å². The topological polar surface area (TPSA) is 288 Å². The Hall–Kier alpha value is -14.7. The number of aromatic nitrogens is 18. The fraction of sp³-hybridized carbons (Fsp3) is 0.101. The number of nitrogens with one attached hydrogen (secondary N) is 2. The van der Waals surface area contributed by atoms with E-state index in [1.54, 1.807) is 80.0 Å². The molecule has 20 aromatic rings. The van der Waals surface area contributed by atoms with Gasteiger partial charge in [-0.15, -0.1) is 0 Å². The summed E-state index contributed by atoms with van der Waals surface area (Å²) >= 11 is 24.0. The van der Waals surface area contributed by atoms with Gasteiger partial charge < -0.3 is 34.0 Å². The first kappa shape index (κ1) is 85.1. The molecule has 24 rings (SSSR count). The number of carbonyl (C=O) groups excluding carboxylic acids is 1. The highest BCUT2D eigenvalue weighted by Gasteiger charge is 2.40. The number of aliphatic hydroxyl groups is 1. The number of fused-ring (bicyclic) bond motifs is 18. The summed E-state index contributed by atoms with van der Waals surface area (Å²) in [5, 5.41) is 25.5. The van der Waals surface area contributed by atoms with Gasteiger partial charge in [0, 0.05) is 130 Å². The van der Waals surface area contributed by atoms with Crippen LogP contribution in [0.15, 0.2) is 331 Å². The molecule has 25 nitrogen and oxygen atoms in total. The Bertz CT molecular complexity index is 7730. The summed E-state index contributed by atoms with van der Waals surface area (Å²) in [6.07, 6.45) is 37.3. The Balaban J connectivity index is 0.000000103. The van der Waals surface area contributed by atoms with Crippen LogP contribution in [0.5, 0.6) is 0 Å². The van der Waals surface area contributed by atoms with Crippen molar-refractivity contribution >= 4 is 119 Å². The van der Waals surface area contributed by atoms with E-state index in [1.165, 1.54) is 66.9 Å². The van der Waals surface area contributed by atoms with Crippen molar-refractivity contribution in [1.29, 1.82) is 0 Å². The molecule has 4 aliphatic heterocycles. The van der Waals surface area contributed by atoms with Gasteiger partial charge in [0.25, 0.3) is 10.1 Å². The number of benzene rings is 6. The summed E-state index contributed by atoms with van der Waals surface area (Å²) in [6, 6.07) is 71.4. The average molecular weight is 1800 g/mol. The summed E-state index contributed by atoms with van der Waals surface area (Å²) in [6.45, 7) is 0.978. The number of halogens is 4. The van der Waals surface area contributed by atoms with Gasteiger partial charge in [-0.1, -0.05) is 216 Å². The third kappa shape index (κ3) is 17.4. The van der Waals surface area contributed by atoms with E-state index in [1.807, 2.05) is 177 Å². The van der Waals surface area contributed by atoms with Crippen molar-refractivity contribution in [3.05, 3.63) is 418 Å². The summed E-state index contributed by atoms with van der Waals surface area (Å²) in [4.78, 5) is 60.1. The number of hydrogen-bond donors (Lipinski definition) is 3. The molecule has 18 heterocycles. The van der Waals surface area contributed by atoms with E-state index < -0.39 is 28.4 Å². The van der Waals surface area contributed by atoms with Gasteiger partial charge in [0.1, 0.15) is 44.5 Å². The van der Waals surface area contributed by atoms with Crippen molar-refractivity contribution in [2.45, 2.75) is 43.3 Å². The lowest BCUT2D eigenvalue weighted by atomic mass is 9.95. The standard InChI is InChI=1S/C17H14ClN3O3S.C17H16N4.C17H14N4.C16H12ClN3O.C16H10ClN3.C10H8N2.C6H4ClNO/c1-25(22,23)24-16(13-7-4-8-20-17(13)18)15-12-6-3-2-5-11(12)14-9-19-10-21(14)15;2*1-18-17-12(5-4-8-20-17)9-15-13-6-2-3-7-14(13)16-10-19-11-21(15)16;17-16-12(6-3-7-19-16)15(21)14-11-5-2-1-4-10(11)13-8-18-9-20(13)14;17-16-11(4-3-7-19-16)8-14-12-5-1-2-6-13(12)15-9-18-10-20(14)15;1-2-4-9-8(3-1)6-12-7-11-5-10(9)12;7-6-5(4-9)2-1-3-8-6/h2-10,15-16H,1H3;2-8,10-11,15H,9H2,1H3,(H,18,20);2-11H,1H3,(H,18,20);1-9,14-15,21H;1-10H;1-5,7H,6H2;1-4H/b;;15-9-;;14-8-;;. The highest BCUT2D eigenvalue weighted by Crippen LogP contribution is 2.50. The fourth-order valence-corrected chi connectivity index (χ4v) is 18.4. The highest BCUT2D eigenvalue weighted by atomic mass is 35.5. The first-order valence-electron chi connectivity index (χ1n) is 40.9. The van der Waals surface area contributed by atoms with Crippen LogP contribution in [-0.4, -0.2) is 127 Å². The zero-order valence-corrected chi connectivity index (χ0v) is 73.1. The van der Waals surface area contributed by atoms with Crippen molar-refractivity contribution < 1.29 is 22.5 Å². The summed E-state index contributed by atoms with van der Waals surface area (Å²) in [7, 11) is 0.0643. The maximum atomic E-state index is 11.9. The van der Waals surface area contributed by atoms with E-state index in [0.29, 0.717) is 33.3 Å². The predicted octanol–water partition coefficient (Wildman–Crippen LogP) is 18.6. The molecule has 30 heteroatoms. The molecule has 0 fully saturated rings. The van der Waals surface area contributed by atoms with Crippen molar-refractivity contribution in [1.82, 2.24) is 86.9 Å². The molecule has 4 aliphatic rings. The lowest BCUT2D eigenvalue weighted by molar-refractivity contribution is 0.112. The Morgan fingerprint density at radius 3 is 1.41 bits per heavy atom. The second-order valence-corrected chi connectivity index (χ2v) is 33.2. The number of imidazole rings is 6. The smallest absolute Gasteiger partial charge is 0.265 e. The molecular weight excluding hydrogens is 1720 g/mol. The maximum absolute atomic E-state index is 11.9. The molecule has 0 saturated carbocycles. The van der Waals surface area contributed by atoms with E-state index in [9.17, 15) is 18.3 Å². The molecule has 14 aromatic heterocycles. The number of carbonyl (C=O) groups is 1. The molecule has 638 valence electrons. The molecule has 0 aliphatic carbocycles. The first-order valence-corrected chi connectivity index (χ1v) is 44.2. The number of rotatable bonds is 13. The fourth-order valence-electron chi connectivity index (χ4n) is 17.0. The van der Waals surface area contributed by atoms with Crippen LogP contribution in [-0.2, 0) is 27.3 Å². The number of nitrogens with zero attached hydrogens (tertiary/aromatic N) is 18. The molecule has 6 aromatic carbocycles. The summed E-state index contributed by atoms with van der Waals surface area (Å²) in [5.41, 5.74) is 20.8. The molecule has 0 radical (unpaired) electrons. The first-order chi connectivity index (χ1) is 63.1. The maximum Gasteiger partial charge on any atom is 0.265 e. The second-order valence-electron chi connectivity index (χ2n) is 30.2. The van der Waals surface area contributed by atoms with Crippen LogP contribution in [0.1, 0.15) is 90.8 Å². The van der Waals surface area contributed by atoms with Gasteiger partial charge in [-0.25, -0.2) is 59.8 Å². The van der Waals surface area contributed by atoms with Gasteiger partial charge in [-0.3, -0.25) is 17.8 Å². The van der Waals surface area contributed by atoms with Crippen LogP contribution in [0.2, 0.25) is 20.6 Å². The van der Waals surface area contributed by atoms with Gasteiger partial charge in [0.05, 0.1) is 150 Å². The lowest BCUT2D eigenvalue weighted by Gasteiger charge is -2.26. The van der Waals surface area contributed by atoms with Crippen molar-refractivity contribution in [3.8, 4) is 45.0 Å². The Labute approximate surface area is 760 Å². The minimum atomic E-state index is -3.73. The molecule has 0 amide bonds. The molecule has 0 bridgehead atoms. The lowest BCUT2D eigenvalue weighted by Crippen LogP contribution is -2.22. The van der Waals surface area contributed by atoms with Gasteiger partial charge in [-0.2, -0.15) is 8.42 Å². The van der Waals surface area contributed by atoms with Crippen LogP contribution in [0.4, 0.5) is 11.6 Å². The zero-order chi connectivity index (χ0) is 88.7. The van der Waals surface area contributed by atoms with Gasteiger partial charge in [0.15, 0.2) is 6.29 Å². The molecule has 5 unspecified atom stereocenters. The van der Waals surface area contributed by atoms with E-state index >= 15 is 0 Å². The number of anilines is 2. The van der Waals surface area contributed by atoms with Gasteiger partial charge in [0.2, 0.25) is 0 Å². The van der Waals surface area contributed by atoms with Crippen molar-refractivity contribution in [3.63, 3.8) is 0 Å². The average Bonchev–Trinajstić information content (AvgIpc) is 1.57. The highest BCUT2D eigenvalue weighted by molar-refractivity contribution is 7.86. The second kappa shape index (κ2) is 37.8. The third-order valence-electron chi connectivity index (χ3n) is 22.7. The molecule has 5 atom stereocenters.